The molecule has 1 unspecified atom stereocenters. The van der Waals surface area contributed by atoms with Gasteiger partial charge >= 0.3 is 0 Å². The summed E-state index contributed by atoms with van der Waals surface area (Å²) in [6.07, 6.45) is -0.0508. The molecule has 1 atom stereocenters. The molecule has 0 fully saturated rings. The lowest BCUT2D eigenvalue weighted by atomic mass is 10.2. The van der Waals surface area contributed by atoms with Crippen LogP contribution in [0.25, 0.3) is 0 Å². The van der Waals surface area contributed by atoms with Crippen molar-refractivity contribution in [2.24, 2.45) is 0 Å². The molecule has 1 aromatic carbocycles. The van der Waals surface area contributed by atoms with E-state index in [1.807, 2.05) is 13.0 Å². The van der Waals surface area contributed by atoms with E-state index in [1.165, 1.54) is 0 Å². The molecule has 1 aromatic rings. The van der Waals surface area contributed by atoms with Crippen molar-refractivity contribution in [2.45, 2.75) is 13.0 Å². The van der Waals surface area contributed by atoms with Gasteiger partial charge in [-0.05, 0) is 25.1 Å². The molecule has 0 aliphatic heterocycles. The third-order valence-electron chi connectivity index (χ3n) is 1.88. The predicted octanol–water partition coefficient (Wildman–Crippen LogP) is 1.55. The van der Waals surface area contributed by atoms with E-state index in [4.69, 9.17) is 20.5 Å². The van der Waals surface area contributed by atoms with Gasteiger partial charge in [0.05, 0.1) is 12.2 Å². The van der Waals surface area contributed by atoms with Crippen LogP contribution in [0.5, 0.6) is 5.75 Å². The Morgan fingerprint density at radius 3 is 2.87 bits per heavy atom. The summed E-state index contributed by atoms with van der Waals surface area (Å²) in [5.41, 5.74) is 6.48. The molecule has 0 bridgehead atoms. The molecule has 0 aromatic heterocycles. The Balaban J connectivity index is 2.75. The van der Waals surface area contributed by atoms with Crippen molar-refractivity contribution >= 4 is 5.69 Å². The summed E-state index contributed by atoms with van der Waals surface area (Å²) in [6, 6.07) is 7.03. The van der Waals surface area contributed by atoms with Crippen LogP contribution in [0.1, 0.15) is 12.5 Å². The van der Waals surface area contributed by atoms with Crippen molar-refractivity contribution in [1.29, 1.82) is 5.26 Å². The van der Waals surface area contributed by atoms with E-state index in [0.717, 1.165) is 0 Å². The van der Waals surface area contributed by atoms with Gasteiger partial charge in [-0.2, -0.15) is 5.26 Å². The maximum atomic E-state index is 8.77. The van der Waals surface area contributed by atoms with E-state index in [9.17, 15) is 0 Å². The number of hydrogen-bond acceptors (Lipinski definition) is 4. The van der Waals surface area contributed by atoms with Gasteiger partial charge in [-0.3, -0.25) is 0 Å². The molecule has 4 nitrogen and oxygen atoms in total. The zero-order valence-corrected chi connectivity index (χ0v) is 8.86. The molecule has 15 heavy (non-hydrogen) atoms. The highest BCUT2D eigenvalue weighted by Crippen LogP contribution is 2.19. The van der Waals surface area contributed by atoms with Crippen molar-refractivity contribution in [1.82, 2.24) is 0 Å². The Hall–Kier alpha value is -1.73. The summed E-state index contributed by atoms with van der Waals surface area (Å²) in [6.45, 7) is 2.40. The quantitative estimate of drug-likeness (QED) is 0.759. The van der Waals surface area contributed by atoms with E-state index < -0.39 is 0 Å². The van der Waals surface area contributed by atoms with E-state index in [2.05, 4.69) is 0 Å². The highest BCUT2D eigenvalue weighted by molar-refractivity contribution is 5.56. The first-order valence-electron chi connectivity index (χ1n) is 4.62. The Morgan fingerprint density at radius 1 is 1.53 bits per heavy atom. The number of nitrogens with two attached hydrogens (primary N) is 1. The van der Waals surface area contributed by atoms with Crippen molar-refractivity contribution in [3.05, 3.63) is 23.8 Å². The molecule has 0 amide bonds. The van der Waals surface area contributed by atoms with Gasteiger partial charge in [0.25, 0.3) is 0 Å². The third-order valence-corrected chi connectivity index (χ3v) is 1.88. The van der Waals surface area contributed by atoms with Gasteiger partial charge in [0.15, 0.2) is 0 Å². The van der Waals surface area contributed by atoms with E-state index in [1.54, 1.807) is 25.3 Å². The maximum Gasteiger partial charge on any atom is 0.121 e. The fourth-order valence-electron chi connectivity index (χ4n) is 1.21. The Bertz CT molecular complexity index is 371. The van der Waals surface area contributed by atoms with Gasteiger partial charge in [-0.15, -0.1) is 0 Å². The van der Waals surface area contributed by atoms with Gasteiger partial charge in [-0.1, -0.05) is 0 Å². The topological polar surface area (TPSA) is 68.3 Å². The van der Waals surface area contributed by atoms with Crippen LogP contribution in [-0.4, -0.2) is 19.8 Å². The standard InChI is InChI=1S/C11H14N2O2/c1-8(7-14-2)15-10-3-4-11(13)9(5-10)6-12/h3-5,8H,7,13H2,1-2H3. The van der Waals surface area contributed by atoms with Crippen molar-refractivity contribution in [2.75, 3.05) is 19.5 Å². The molecule has 0 radical (unpaired) electrons. The molecule has 0 saturated carbocycles. The number of nitrogens with zero attached hydrogens (tertiary/aromatic N) is 1. The number of nitrogen functional groups attached to an aromatic ring is 1. The van der Waals surface area contributed by atoms with Gasteiger partial charge < -0.3 is 15.2 Å². The molecule has 0 aliphatic carbocycles. The van der Waals surface area contributed by atoms with Crippen LogP contribution >= 0.6 is 0 Å². The monoisotopic (exact) mass is 206 g/mol. The van der Waals surface area contributed by atoms with Crippen LogP contribution in [0.4, 0.5) is 5.69 Å². The summed E-state index contributed by atoms with van der Waals surface area (Å²) in [4.78, 5) is 0. The normalized spacial score (nSPS) is 11.8. The zero-order valence-electron chi connectivity index (χ0n) is 8.86. The lowest BCUT2D eigenvalue weighted by Crippen LogP contribution is -2.17. The fraction of sp³-hybridized carbons (Fsp3) is 0.364. The number of ether oxygens (including phenoxy) is 2. The zero-order chi connectivity index (χ0) is 11.3. The molecular formula is C11H14N2O2. The largest absolute Gasteiger partial charge is 0.488 e. The molecule has 1 rings (SSSR count). The van der Waals surface area contributed by atoms with Crippen LogP contribution in [0.2, 0.25) is 0 Å². The lowest BCUT2D eigenvalue weighted by molar-refractivity contribution is 0.0921. The third kappa shape index (κ3) is 3.15. The van der Waals surface area contributed by atoms with E-state index >= 15 is 0 Å². The van der Waals surface area contributed by atoms with Gasteiger partial charge in [-0.25, -0.2) is 0 Å². The van der Waals surface area contributed by atoms with Gasteiger partial charge in [0.1, 0.15) is 17.9 Å². The molecule has 0 spiro atoms. The van der Waals surface area contributed by atoms with Gasteiger partial charge in [0, 0.05) is 12.8 Å². The molecule has 0 heterocycles. The summed E-state index contributed by atoms with van der Waals surface area (Å²) >= 11 is 0. The number of nitriles is 1. The molecule has 2 N–H and O–H groups in total. The fourth-order valence-corrected chi connectivity index (χ4v) is 1.21. The van der Waals surface area contributed by atoms with Crippen molar-refractivity contribution < 1.29 is 9.47 Å². The first-order chi connectivity index (χ1) is 7.17. The lowest BCUT2D eigenvalue weighted by Gasteiger charge is -2.13. The molecule has 80 valence electrons. The Kier molecular flexibility index (Phi) is 3.95. The van der Waals surface area contributed by atoms with Crippen LogP contribution in [0, 0.1) is 11.3 Å². The summed E-state index contributed by atoms with van der Waals surface area (Å²) < 4.78 is 10.5. The highest BCUT2D eigenvalue weighted by atomic mass is 16.5. The Labute approximate surface area is 89.2 Å². The SMILES string of the molecule is COCC(C)Oc1ccc(N)c(C#N)c1. The van der Waals surface area contributed by atoms with Crippen molar-refractivity contribution in [3.63, 3.8) is 0 Å². The number of rotatable bonds is 4. The van der Waals surface area contributed by atoms with Gasteiger partial charge in [0.2, 0.25) is 0 Å². The first kappa shape index (κ1) is 11.3. The second-order valence-corrected chi connectivity index (χ2v) is 3.24. The number of hydrogen-bond donors (Lipinski definition) is 1. The number of methoxy groups -OCH3 is 1. The van der Waals surface area contributed by atoms with E-state index in [-0.39, 0.29) is 6.10 Å². The smallest absolute Gasteiger partial charge is 0.121 e. The maximum absolute atomic E-state index is 8.77. The van der Waals surface area contributed by atoms with Crippen molar-refractivity contribution in [3.8, 4) is 11.8 Å². The number of benzene rings is 1. The average Bonchev–Trinajstić information content (AvgIpc) is 2.21. The minimum absolute atomic E-state index is 0.0508. The Morgan fingerprint density at radius 2 is 2.27 bits per heavy atom. The van der Waals surface area contributed by atoms with Crippen LogP contribution in [0.3, 0.4) is 0 Å². The first-order valence-corrected chi connectivity index (χ1v) is 4.62. The molecule has 4 heteroatoms. The molecular weight excluding hydrogens is 192 g/mol. The predicted molar refractivity (Wildman–Crippen MR) is 57.5 cm³/mol. The number of anilines is 1. The minimum Gasteiger partial charge on any atom is -0.488 e. The van der Waals surface area contributed by atoms with Crippen LogP contribution in [-0.2, 0) is 4.74 Å². The average molecular weight is 206 g/mol. The van der Waals surface area contributed by atoms with Crippen LogP contribution in [0.15, 0.2) is 18.2 Å². The summed E-state index contributed by atoms with van der Waals surface area (Å²) in [7, 11) is 1.61. The minimum atomic E-state index is -0.0508. The second kappa shape index (κ2) is 5.23. The summed E-state index contributed by atoms with van der Waals surface area (Å²) in [5.74, 6) is 0.630. The highest BCUT2D eigenvalue weighted by Gasteiger charge is 2.05. The van der Waals surface area contributed by atoms with E-state index in [0.29, 0.717) is 23.6 Å². The molecule has 0 aliphatic rings. The second-order valence-electron chi connectivity index (χ2n) is 3.24. The molecule has 0 saturated heterocycles. The summed E-state index contributed by atoms with van der Waals surface area (Å²) in [5, 5.41) is 8.77. The van der Waals surface area contributed by atoms with Crippen LogP contribution < -0.4 is 10.5 Å².